The van der Waals surface area contributed by atoms with E-state index in [1.807, 2.05) is 32.9 Å². The molecule has 0 saturated heterocycles. The van der Waals surface area contributed by atoms with Crippen LogP contribution in [0.1, 0.15) is 31.9 Å². The standard InChI is InChI=1S/C15H12F4O.C2H6/c1-2-10-3-6-12(7-4-10)20-14-8-5-11(9-13(14)16)15(17,18)19;1-2/h3-9H,2H2,1H3;1-2H3. The average molecular weight is 314 g/mol. The molecule has 0 aliphatic heterocycles. The largest absolute Gasteiger partial charge is 0.454 e. The van der Waals surface area contributed by atoms with Crippen molar-refractivity contribution in [3.05, 3.63) is 59.4 Å². The van der Waals surface area contributed by atoms with Gasteiger partial charge in [0, 0.05) is 0 Å². The molecule has 120 valence electrons. The van der Waals surface area contributed by atoms with E-state index >= 15 is 0 Å². The van der Waals surface area contributed by atoms with Gasteiger partial charge in [0.15, 0.2) is 11.6 Å². The van der Waals surface area contributed by atoms with Crippen LogP contribution in [0.4, 0.5) is 17.6 Å². The van der Waals surface area contributed by atoms with Gasteiger partial charge in [-0.15, -0.1) is 0 Å². The van der Waals surface area contributed by atoms with Crippen LogP contribution < -0.4 is 4.74 Å². The van der Waals surface area contributed by atoms with Crippen molar-refractivity contribution in [1.82, 2.24) is 0 Å². The summed E-state index contributed by atoms with van der Waals surface area (Å²) in [5.74, 6) is -0.900. The van der Waals surface area contributed by atoms with Crippen molar-refractivity contribution >= 4 is 0 Å². The van der Waals surface area contributed by atoms with Gasteiger partial charge in [-0.05, 0) is 42.3 Å². The summed E-state index contributed by atoms with van der Waals surface area (Å²) in [7, 11) is 0. The predicted octanol–water partition coefficient (Wildman–Crippen LogP) is 6.23. The highest BCUT2D eigenvalue weighted by atomic mass is 19.4. The fraction of sp³-hybridized carbons (Fsp3) is 0.294. The number of hydrogen-bond donors (Lipinski definition) is 0. The number of ether oxygens (including phenoxy) is 1. The first-order valence-electron chi connectivity index (χ1n) is 7.03. The van der Waals surface area contributed by atoms with Crippen molar-refractivity contribution in [3.8, 4) is 11.5 Å². The number of hydrogen-bond acceptors (Lipinski definition) is 1. The minimum Gasteiger partial charge on any atom is -0.454 e. The van der Waals surface area contributed by atoms with Crippen molar-refractivity contribution in [1.29, 1.82) is 0 Å². The normalized spacial score (nSPS) is 10.7. The highest BCUT2D eigenvalue weighted by Crippen LogP contribution is 2.33. The summed E-state index contributed by atoms with van der Waals surface area (Å²) in [6, 6.07) is 9.13. The molecule has 22 heavy (non-hydrogen) atoms. The van der Waals surface area contributed by atoms with Gasteiger partial charge >= 0.3 is 6.18 Å². The summed E-state index contributed by atoms with van der Waals surface area (Å²) in [6.45, 7) is 5.99. The van der Waals surface area contributed by atoms with Crippen molar-refractivity contribution < 1.29 is 22.3 Å². The van der Waals surface area contributed by atoms with Crippen LogP contribution in [0.2, 0.25) is 0 Å². The number of aryl methyl sites for hydroxylation is 1. The van der Waals surface area contributed by atoms with Gasteiger partial charge in [0.2, 0.25) is 0 Å². The smallest absolute Gasteiger partial charge is 0.416 e. The maximum atomic E-state index is 13.6. The zero-order chi connectivity index (χ0) is 16.8. The molecule has 2 aromatic rings. The Hall–Kier alpha value is -2.04. The van der Waals surface area contributed by atoms with Crippen molar-refractivity contribution in [3.63, 3.8) is 0 Å². The van der Waals surface area contributed by atoms with Crippen LogP contribution in [0.5, 0.6) is 11.5 Å². The maximum absolute atomic E-state index is 13.6. The molecular formula is C17H18F4O. The topological polar surface area (TPSA) is 9.23 Å². The molecule has 0 aromatic heterocycles. The molecule has 2 rings (SSSR count). The fourth-order valence-electron chi connectivity index (χ4n) is 1.68. The van der Waals surface area contributed by atoms with E-state index < -0.39 is 17.6 Å². The quantitative estimate of drug-likeness (QED) is 0.611. The first kappa shape index (κ1) is 18.0. The molecule has 5 heteroatoms. The summed E-state index contributed by atoms with van der Waals surface area (Å²) in [4.78, 5) is 0. The monoisotopic (exact) mass is 314 g/mol. The molecule has 0 spiro atoms. The van der Waals surface area contributed by atoms with Crippen LogP contribution in [0.3, 0.4) is 0 Å². The average Bonchev–Trinajstić information content (AvgIpc) is 2.51. The SMILES string of the molecule is CC.CCc1ccc(Oc2ccc(C(F)(F)F)cc2F)cc1. The van der Waals surface area contributed by atoms with E-state index in [0.717, 1.165) is 24.1 Å². The lowest BCUT2D eigenvalue weighted by molar-refractivity contribution is -0.137. The van der Waals surface area contributed by atoms with Gasteiger partial charge in [0.1, 0.15) is 5.75 Å². The van der Waals surface area contributed by atoms with Crippen LogP contribution in [0.25, 0.3) is 0 Å². The number of alkyl halides is 3. The summed E-state index contributed by atoms with van der Waals surface area (Å²) in [6.07, 6.45) is -3.71. The third kappa shape index (κ3) is 4.76. The minimum atomic E-state index is -4.57. The molecule has 0 aliphatic carbocycles. The Balaban J connectivity index is 0.00000116. The lowest BCUT2D eigenvalue weighted by Gasteiger charge is -2.10. The van der Waals surface area contributed by atoms with Crippen LogP contribution in [0.15, 0.2) is 42.5 Å². The number of rotatable bonds is 3. The van der Waals surface area contributed by atoms with Crippen LogP contribution in [-0.4, -0.2) is 0 Å². The minimum absolute atomic E-state index is 0.234. The molecule has 2 aromatic carbocycles. The van der Waals surface area contributed by atoms with Crippen molar-refractivity contribution in [2.75, 3.05) is 0 Å². The van der Waals surface area contributed by atoms with Crippen LogP contribution in [-0.2, 0) is 12.6 Å². The van der Waals surface area contributed by atoms with Gasteiger partial charge in [-0.1, -0.05) is 32.9 Å². The lowest BCUT2D eigenvalue weighted by Crippen LogP contribution is -2.05. The predicted molar refractivity (Wildman–Crippen MR) is 78.6 cm³/mol. The van der Waals surface area contributed by atoms with E-state index in [2.05, 4.69) is 0 Å². The molecule has 0 radical (unpaired) electrons. The van der Waals surface area contributed by atoms with Crippen molar-refractivity contribution in [2.24, 2.45) is 0 Å². The molecule has 0 amide bonds. The number of benzene rings is 2. The highest BCUT2D eigenvalue weighted by Gasteiger charge is 2.31. The van der Waals surface area contributed by atoms with E-state index in [1.54, 1.807) is 12.1 Å². The Kier molecular flexibility index (Phi) is 6.40. The van der Waals surface area contributed by atoms with Gasteiger partial charge in [0.25, 0.3) is 0 Å². The summed E-state index contributed by atoms with van der Waals surface area (Å²) < 4.78 is 56.0. The second-order valence-electron chi connectivity index (χ2n) is 4.24. The van der Waals surface area contributed by atoms with Crippen LogP contribution in [0, 0.1) is 5.82 Å². The molecule has 0 heterocycles. The van der Waals surface area contributed by atoms with Gasteiger partial charge in [0.05, 0.1) is 5.56 Å². The van der Waals surface area contributed by atoms with Gasteiger partial charge in [-0.3, -0.25) is 0 Å². The Morgan fingerprint density at radius 1 is 0.955 bits per heavy atom. The summed E-state index contributed by atoms with van der Waals surface area (Å²) in [5.41, 5.74) is 0.0499. The van der Waals surface area contributed by atoms with E-state index in [4.69, 9.17) is 4.74 Å². The van der Waals surface area contributed by atoms with Crippen molar-refractivity contribution in [2.45, 2.75) is 33.4 Å². The molecule has 1 nitrogen and oxygen atoms in total. The molecule has 0 aliphatic rings. The molecule has 0 atom stereocenters. The van der Waals surface area contributed by atoms with E-state index in [0.29, 0.717) is 11.8 Å². The molecule has 0 fully saturated rings. The fourth-order valence-corrected chi connectivity index (χ4v) is 1.68. The Labute approximate surface area is 127 Å². The molecule has 0 bridgehead atoms. The Bertz CT molecular complexity index is 589. The maximum Gasteiger partial charge on any atom is 0.416 e. The highest BCUT2D eigenvalue weighted by molar-refractivity contribution is 5.36. The second-order valence-corrected chi connectivity index (χ2v) is 4.24. The van der Waals surface area contributed by atoms with E-state index in [-0.39, 0.29) is 5.75 Å². The zero-order valence-corrected chi connectivity index (χ0v) is 12.7. The van der Waals surface area contributed by atoms with Gasteiger partial charge < -0.3 is 4.74 Å². The Morgan fingerprint density at radius 3 is 2.00 bits per heavy atom. The van der Waals surface area contributed by atoms with E-state index in [1.165, 1.54) is 0 Å². The molecular weight excluding hydrogens is 296 g/mol. The second kappa shape index (κ2) is 7.82. The lowest BCUT2D eigenvalue weighted by atomic mass is 10.2. The van der Waals surface area contributed by atoms with E-state index in [9.17, 15) is 17.6 Å². The third-order valence-corrected chi connectivity index (χ3v) is 2.82. The molecule has 0 N–H and O–H groups in total. The molecule has 0 saturated carbocycles. The van der Waals surface area contributed by atoms with Gasteiger partial charge in [-0.25, -0.2) is 4.39 Å². The summed E-state index contributed by atoms with van der Waals surface area (Å²) in [5, 5.41) is 0. The summed E-state index contributed by atoms with van der Waals surface area (Å²) >= 11 is 0. The number of halogens is 4. The van der Waals surface area contributed by atoms with Gasteiger partial charge in [-0.2, -0.15) is 13.2 Å². The molecule has 0 unspecified atom stereocenters. The van der Waals surface area contributed by atoms with Crippen LogP contribution >= 0.6 is 0 Å². The Morgan fingerprint density at radius 2 is 1.55 bits per heavy atom. The zero-order valence-electron chi connectivity index (χ0n) is 12.7. The third-order valence-electron chi connectivity index (χ3n) is 2.82. The first-order valence-corrected chi connectivity index (χ1v) is 7.03. The first-order chi connectivity index (χ1) is 10.4.